The zero-order chi connectivity index (χ0) is 16.2. The number of nitrogens with one attached hydrogen (secondary N) is 1. The second-order valence-corrected chi connectivity index (χ2v) is 6.31. The van der Waals surface area contributed by atoms with Gasteiger partial charge in [-0.05, 0) is 50.3 Å². The Kier molecular flexibility index (Phi) is 4.91. The first-order chi connectivity index (χ1) is 11.1. The van der Waals surface area contributed by atoms with Crippen molar-refractivity contribution >= 4 is 17.6 Å². The summed E-state index contributed by atoms with van der Waals surface area (Å²) in [6, 6.07) is 3.75. The molecule has 2 aliphatic rings. The number of hydrogen-bond acceptors (Lipinski definition) is 4. The summed E-state index contributed by atoms with van der Waals surface area (Å²) in [4.78, 5) is 30.6. The van der Waals surface area contributed by atoms with Crippen LogP contribution in [-0.2, 0) is 14.3 Å². The van der Waals surface area contributed by atoms with Crippen LogP contribution in [0.5, 0.6) is 0 Å². The first-order valence-corrected chi connectivity index (χ1v) is 8.27. The lowest BCUT2D eigenvalue weighted by atomic mass is 9.95. The molecule has 0 aliphatic carbocycles. The molecule has 1 aromatic rings. The van der Waals surface area contributed by atoms with E-state index in [4.69, 9.17) is 4.74 Å². The van der Waals surface area contributed by atoms with Gasteiger partial charge in [-0.15, -0.1) is 0 Å². The third-order valence-electron chi connectivity index (χ3n) is 4.55. The average Bonchev–Trinajstić information content (AvgIpc) is 3.09. The third kappa shape index (κ3) is 3.88. The van der Waals surface area contributed by atoms with Gasteiger partial charge in [0.05, 0.1) is 0 Å². The average molecular weight is 317 g/mol. The minimum Gasteiger partial charge on any atom is -0.368 e. The molecular formula is C17H23N3O3. The predicted octanol–water partition coefficient (Wildman–Crippen LogP) is 1.75. The number of likely N-dealkylation sites (tertiary alicyclic amines) is 1. The van der Waals surface area contributed by atoms with Crippen molar-refractivity contribution in [1.29, 1.82) is 0 Å². The number of piperidine rings is 1. The van der Waals surface area contributed by atoms with Gasteiger partial charge in [-0.1, -0.05) is 0 Å². The van der Waals surface area contributed by atoms with Crippen molar-refractivity contribution in [2.45, 2.75) is 38.7 Å². The van der Waals surface area contributed by atoms with Crippen LogP contribution in [0.15, 0.2) is 18.3 Å². The first-order valence-electron chi connectivity index (χ1n) is 8.27. The molecule has 0 spiro atoms. The number of carbonyl (C=O) groups excluding carboxylic acids is 2. The molecule has 1 N–H and O–H groups in total. The van der Waals surface area contributed by atoms with E-state index in [0.717, 1.165) is 18.4 Å². The van der Waals surface area contributed by atoms with Gasteiger partial charge >= 0.3 is 0 Å². The zero-order valence-corrected chi connectivity index (χ0v) is 13.5. The summed E-state index contributed by atoms with van der Waals surface area (Å²) >= 11 is 0. The summed E-state index contributed by atoms with van der Waals surface area (Å²) in [6.07, 6.45) is 4.58. The minimum atomic E-state index is -0.267. The summed E-state index contributed by atoms with van der Waals surface area (Å²) in [5, 5.41) is 2.87. The number of hydrogen-bond donors (Lipinski definition) is 1. The van der Waals surface area contributed by atoms with E-state index in [-0.39, 0.29) is 23.8 Å². The van der Waals surface area contributed by atoms with Crippen molar-refractivity contribution in [3.8, 4) is 0 Å². The fraction of sp³-hybridized carbons (Fsp3) is 0.588. The van der Waals surface area contributed by atoms with Crippen LogP contribution < -0.4 is 5.32 Å². The first kappa shape index (κ1) is 15.9. The minimum absolute atomic E-state index is 0.00712. The number of nitrogens with zero attached hydrogens (tertiary/aromatic N) is 2. The highest BCUT2D eigenvalue weighted by Crippen LogP contribution is 2.22. The lowest BCUT2D eigenvalue weighted by Gasteiger charge is -2.32. The quantitative estimate of drug-likeness (QED) is 0.922. The van der Waals surface area contributed by atoms with Crippen molar-refractivity contribution in [2.75, 3.05) is 25.0 Å². The van der Waals surface area contributed by atoms with Crippen molar-refractivity contribution in [3.05, 3.63) is 23.9 Å². The number of amides is 2. The maximum atomic E-state index is 12.3. The predicted molar refractivity (Wildman–Crippen MR) is 85.9 cm³/mol. The number of rotatable bonds is 3. The SMILES string of the molecule is Cc1ccnc(NC(=O)C2CCN(C(=O)C3CCCO3)CC2)c1. The molecule has 0 aromatic carbocycles. The molecule has 0 bridgehead atoms. The highest BCUT2D eigenvalue weighted by molar-refractivity contribution is 5.92. The molecule has 0 radical (unpaired) electrons. The molecule has 2 saturated heterocycles. The maximum absolute atomic E-state index is 12.3. The fourth-order valence-corrected chi connectivity index (χ4v) is 3.17. The van der Waals surface area contributed by atoms with Gasteiger partial charge in [0.15, 0.2) is 0 Å². The summed E-state index contributed by atoms with van der Waals surface area (Å²) < 4.78 is 5.45. The van der Waals surface area contributed by atoms with E-state index < -0.39 is 0 Å². The second kappa shape index (κ2) is 7.08. The summed E-state index contributed by atoms with van der Waals surface area (Å²) in [5.74, 6) is 0.604. The van der Waals surface area contributed by atoms with Crippen molar-refractivity contribution in [3.63, 3.8) is 0 Å². The molecule has 1 atom stereocenters. The molecule has 124 valence electrons. The highest BCUT2D eigenvalue weighted by atomic mass is 16.5. The second-order valence-electron chi connectivity index (χ2n) is 6.31. The molecular weight excluding hydrogens is 294 g/mol. The summed E-state index contributed by atoms with van der Waals surface area (Å²) in [5.41, 5.74) is 1.06. The molecule has 2 aliphatic heterocycles. The van der Waals surface area contributed by atoms with Crippen LogP contribution >= 0.6 is 0 Å². The van der Waals surface area contributed by atoms with Crippen LogP contribution in [0.2, 0.25) is 0 Å². The maximum Gasteiger partial charge on any atom is 0.251 e. The fourth-order valence-electron chi connectivity index (χ4n) is 3.17. The van der Waals surface area contributed by atoms with Crippen LogP contribution in [0.3, 0.4) is 0 Å². The Labute approximate surface area is 136 Å². The zero-order valence-electron chi connectivity index (χ0n) is 13.5. The number of pyridine rings is 1. The molecule has 1 unspecified atom stereocenters. The van der Waals surface area contributed by atoms with Gasteiger partial charge in [0.25, 0.3) is 5.91 Å². The van der Waals surface area contributed by atoms with E-state index in [9.17, 15) is 9.59 Å². The normalized spacial score (nSPS) is 22.1. The monoisotopic (exact) mass is 317 g/mol. The largest absolute Gasteiger partial charge is 0.368 e. The van der Waals surface area contributed by atoms with E-state index in [1.165, 1.54) is 0 Å². The lowest BCUT2D eigenvalue weighted by molar-refractivity contribution is -0.143. The molecule has 23 heavy (non-hydrogen) atoms. The van der Waals surface area contributed by atoms with Crippen LogP contribution in [0.25, 0.3) is 0 Å². The van der Waals surface area contributed by atoms with Gasteiger partial charge in [0, 0.05) is 31.8 Å². The summed E-state index contributed by atoms with van der Waals surface area (Å²) in [6.45, 7) is 3.89. The van der Waals surface area contributed by atoms with Crippen LogP contribution in [0.4, 0.5) is 5.82 Å². The molecule has 6 nitrogen and oxygen atoms in total. The van der Waals surface area contributed by atoms with Crippen molar-refractivity contribution in [1.82, 2.24) is 9.88 Å². The van der Waals surface area contributed by atoms with E-state index in [0.29, 0.717) is 38.4 Å². The number of aryl methyl sites for hydroxylation is 1. The Morgan fingerprint density at radius 2 is 2.09 bits per heavy atom. The van der Waals surface area contributed by atoms with Gasteiger partial charge in [-0.25, -0.2) is 4.98 Å². The van der Waals surface area contributed by atoms with Gasteiger partial charge in [0.1, 0.15) is 11.9 Å². The Hall–Kier alpha value is -1.95. The van der Waals surface area contributed by atoms with E-state index >= 15 is 0 Å². The number of ether oxygens (including phenoxy) is 1. The van der Waals surface area contributed by atoms with E-state index in [1.807, 2.05) is 24.0 Å². The third-order valence-corrected chi connectivity index (χ3v) is 4.55. The van der Waals surface area contributed by atoms with Crippen LogP contribution in [0, 0.1) is 12.8 Å². The van der Waals surface area contributed by atoms with Crippen molar-refractivity contribution in [2.24, 2.45) is 5.92 Å². The standard InChI is InChI=1S/C17H23N3O3/c1-12-4-7-18-15(11-12)19-16(21)13-5-8-20(9-6-13)17(22)14-3-2-10-23-14/h4,7,11,13-14H,2-3,5-6,8-10H2,1H3,(H,18,19,21). The molecule has 2 amide bonds. The molecule has 3 heterocycles. The van der Waals surface area contributed by atoms with Crippen molar-refractivity contribution < 1.29 is 14.3 Å². The smallest absolute Gasteiger partial charge is 0.251 e. The number of anilines is 1. The van der Waals surface area contributed by atoms with Crippen LogP contribution in [0.1, 0.15) is 31.2 Å². The Bertz CT molecular complexity index is 576. The lowest BCUT2D eigenvalue weighted by Crippen LogP contribution is -2.45. The molecule has 0 saturated carbocycles. The molecule has 2 fully saturated rings. The molecule has 6 heteroatoms. The Morgan fingerprint density at radius 3 is 2.74 bits per heavy atom. The van der Waals surface area contributed by atoms with Gasteiger partial charge in [-0.3, -0.25) is 9.59 Å². The molecule has 1 aromatic heterocycles. The van der Waals surface area contributed by atoms with Gasteiger partial charge < -0.3 is 15.0 Å². The van der Waals surface area contributed by atoms with Gasteiger partial charge in [-0.2, -0.15) is 0 Å². The van der Waals surface area contributed by atoms with E-state index in [1.54, 1.807) is 6.20 Å². The van der Waals surface area contributed by atoms with Crippen LogP contribution in [-0.4, -0.2) is 47.5 Å². The highest BCUT2D eigenvalue weighted by Gasteiger charge is 2.32. The molecule has 3 rings (SSSR count). The Balaban J connectivity index is 1.50. The number of aromatic nitrogens is 1. The Morgan fingerprint density at radius 1 is 1.30 bits per heavy atom. The summed E-state index contributed by atoms with van der Waals surface area (Å²) in [7, 11) is 0. The number of carbonyl (C=O) groups is 2. The van der Waals surface area contributed by atoms with E-state index in [2.05, 4.69) is 10.3 Å². The van der Waals surface area contributed by atoms with Gasteiger partial charge in [0.2, 0.25) is 5.91 Å². The topological polar surface area (TPSA) is 71.5 Å².